The van der Waals surface area contributed by atoms with Crippen LogP contribution in [0.25, 0.3) is 0 Å². The second kappa shape index (κ2) is 7.35. The molecular formula is C12H15N3OS2. The van der Waals surface area contributed by atoms with Crippen molar-refractivity contribution in [2.24, 2.45) is 0 Å². The van der Waals surface area contributed by atoms with Gasteiger partial charge in [0, 0.05) is 18.0 Å². The molecule has 0 saturated carbocycles. The van der Waals surface area contributed by atoms with Gasteiger partial charge in [0.1, 0.15) is 0 Å². The molecule has 2 rings (SSSR count). The molecule has 2 aromatic rings. The third-order valence-electron chi connectivity index (χ3n) is 2.21. The zero-order chi connectivity index (χ0) is 12.6. The first-order valence-electron chi connectivity index (χ1n) is 5.78. The Balaban J connectivity index is 1.83. The minimum atomic E-state index is 0.261. The normalized spacial score (nSPS) is 10.5. The van der Waals surface area contributed by atoms with Gasteiger partial charge in [-0.15, -0.1) is 10.2 Å². The van der Waals surface area contributed by atoms with E-state index in [1.165, 1.54) is 0 Å². The van der Waals surface area contributed by atoms with E-state index in [0.717, 1.165) is 33.8 Å². The van der Waals surface area contributed by atoms with Gasteiger partial charge in [-0.2, -0.15) is 0 Å². The maximum absolute atomic E-state index is 8.69. The number of hydrogen-bond acceptors (Lipinski definition) is 6. The number of thioether (sulfide) groups is 1. The highest BCUT2D eigenvalue weighted by Crippen LogP contribution is 2.27. The Morgan fingerprint density at radius 1 is 1.17 bits per heavy atom. The summed E-state index contributed by atoms with van der Waals surface area (Å²) in [6.07, 6.45) is 1.85. The number of nitrogens with one attached hydrogen (secondary N) is 1. The smallest absolute Gasteiger partial charge is 0.210 e. The van der Waals surface area contributed by atoms with Gasteiger partial charge in [0.05, 0.1) is 0 Å². The van der Waals surface area contributed by atoms with E-state index in [2.05, 4.69) is 15.5 Å². The average Bonchev–Trinajstić information content (AvgIpc) is 2.84. The third-order valence-corrected chi connectivity index (χ3v) is 4.27. The van der Waals surface area contributed by atoms with Crippen molar-refractivity contribution in [3.05, 3.63) is 30.3 Å². The summed E-state index contributed by atoms with van der Waals surface area (Å²) in [6.45, 7) is 0.261. The van der Waals surface area contributed by atoms with E-state index in [1.54, 1.807) is 23.1 Å². The SMILES string of the molecule is OCCCCSc1nnc(Nc2ccccc2)s1. The van der Waals surface area contributed by atoms with E-state index < -0.39 is 0 Å². The number of rotatable bonds is 7. The molecule has 0 bridgehead atoms. The summed E-state index contributed by atoms with van der Waals surface area (Å²) in [5.74, 6) is 0.973. The lowest BCUT2D eigenvalue weighted by Gasteiger charge is -1.99. The van der Waals surface area contributed by atoms with Crippen molar-refractivity contribution in [2.75, 3.05) is 17.7 Å². The number of aliphatic hydroxyl groups is 1. The fourth-order valence-electron chi connectivity index (χ4n) is 1.34. The van der Waals surface area contributed by atoms with Crippen molar-refractivity contribution in [1.82, 2.24) is 10.2 Å². The first-order chi connectivity index (χ1) is 8.88. The van der Waals surface area contributed by atoms with Crippen LogP contribution in [0.5, 0.6) is 0 Å². The van der Waals surface area contributed by atoms with Crippen molar-refractivity contribution in [3.63, 3.8) is 0 Å². The number of anilines is 2. The lowest BCUT2D eigenvalue weighted by Crippen LogP contribution is -1.87. The van der Waals surface area contributed by atoms with Gasteiger partial charge in [-0.25, -0.2) is 0 Å². The highest BCUT2D eigenvalue weighted by Gasteiger charge is 2.04. The first kappa shape index (κ1) is 13.3. The van der Waals surface area contributed by atoms with Crippen LogP contribution in [0, 0.1) is 0 Å². The number of benzene rings is 1. The molecule has 0 aliphatic carbocycles. The van der Waals surface area contributed by atoms with Gasteiger partial charge in [-0.1, -0.05) is 41.3 Å². The summed E-state index contributed by atoms with van der Waals surface area (Å²) in [7, 11) is 0. The topological polar surface area (TPSA) is 58.0 Å². The van der Waals surface area contributed by atoms with Gasteiger partial charge in [0.2, 0.25) is 5.13 Å². The van der Waals surface area contributed by atoms with Crippen LogP contribution in [0.4, 0.5) is 10.8 Å². The quantitative estimate of drug-likeness (QED) is 0.603. The van der Waals surface area contributed by atoms with Crippen molar-refractivity contribution in [1.29, 1.82) is 0 Å². The van der Waals surface area contributed by atoms with E-state index in [9.17, 15) is 0 Å². The van der Waals surface area contributed by atoms with Crippen LogP contribution in [0.1, 0.15) is 12.8 Å². The maximum Gasteiger partial charge on any atom is 0.210 e. The lowest BCUT2D eigenvalue weighted by molar-refractivity contribution is 0.287. The number of para-hydroxylation sites is 1. The molecule has 1 aromatic heterocycles. The Morgan fingerprint density at radius 2 is 2.00 bits per heavy atom. The molecule has 1 aromatic carbocycles. The first-order valence-corrected chi connectivity index (χ1v) is 7.58. The van der Waals surface area contributed by atoms with Gasteiger partial charge in [0.15, 0.2) is 4.34 Å². The number of aromatic nitrogens is 2. The average molecular weight is 281 g/mol. The molecule has 2 N–H and O–H groups in total. The third kappa shape index (κ3) is 4.29. The molecule has 0 aliphatic heterocycles. The summed E-state index contributed by atoms with van der Waals surface area (Å²) < 4.78 is 0.964. The Labute approximate surface area is 114 Å². The zero-order valence-corrected chi connectivity index (χ0v) is 11.5. The van der Waals surface area contributed by atoms with Crippen LogP contribution in [-0.4, -0.2) is 27.7 Å². The van der Waals surface area contributed by atoms with Crippen molar-refractivity contribution < 1.29 is 5.11 Å². The molecule has 6 heteroatoms. The Bertz CT molecular complexity index is 461. The van der Waals surface area contributed by atoms with Crippen LogP contribution in [0.3, 0.4) is 0 Å². The summed E-state index contributed by atoms with van der Waals surface area (Å²) in [6, 6.07) is 9.93. The fraction of sp³-hybridized carbons (Fsp3) is 0.333. The van der Waals surface area contributed by atoms with E-state index in [1.807, 2.05) is 30.3 Å². The zero-order valence-electron chi connectivity index (χ0n) is 9.87. The Morgan fingerprint density at radius 3 is 2.78 bits per heavy atom. The molecule has 0 fully saturated rings. The highest BCUT2D eigenvalue weighted by atomic mass is 32.2. The molecule has 0 saturated heterocycles. The molecule has 0 amide bonds. The predicted molar refractivity (Wildman–Crippen MR) is 76.7 cm³/mol. The molecule has 0 atom stereocenters. The van der Waals surface area contributed by atoms with Gasteiger partial charge in [-0.05, 0) is 25.0 Å². The van der Waals surface area contributed by atoms with Crippen LogP contribution in [0.2, 0.25) is 0 Å². The van der Waals surface area contributed by atoms with Crippen LogP contribution >= 0.6 is 23.1 Å². The van der Waals surface area contributed by atoms with Gasteiger partial charge >= 0.3 is 0 Å². The highest BCUT2D eigenvalue weighted by molar-refractivity contribution is 8.01. The van der Waals surface area contributed by atoms with Crippen molar-refractivity contribution in [2.45, 2.75) is 17.2 Å². The Hall–Kier alpha value is -1.11. The number of unbranched alkanes of at least 4 members (excludes halogenated alkanes) is 1. The summed E-state index contributed by atoms with van der Waals surface area (Å²) in [4.78, 5) is 0. The predicted octanol–water partition coefficient (Wildman–Crippen LogP) is 3.15. The largest absolute Gasteiger partial charge is 0.396 e. The molecule has 0 radical (unpaired) electrons. The van der Waals surface area contributed by atoms with Gasteiger partial charge in [0.25, 0.3) is 0 Å². The fourth-order valence-corrected chi connectivity index (χ4v) is 3.18. The van der Waals surface area contributed by atoms with E-state index >= 15 is 0 Å². The minimum absolute atomic E-state index is 0.261. The minimum Gasteiger partial charge on any atom is -0.396 e. The molecule has 0 aliphatic rings. The standard InChI is InChI=1S/C12H15N3OS2/c16-8-4-5-9-17-12-15-14-11(18-12)13-10-6-2-1-3-7-10/h1-3,6-7,16H,4-5,8-9H2,(H,13,14). The molecular weight excluding hydrogens is 266 g/mol. The van der Waals surface area contributed by atoms with Crippen LogP contribution in [-0.2, 0) is 0 Å². The second-order valence-corrected chi connectivity index (χ2v) is 5.96. The van der Waals surface area contributed by atoms with Crippen molar-refractivity contribution in [3.8, 4) is 0 Å². The summed E-state index contributed by atoms with van der Waals surface area (Å²) >= 11 is 3.24. The number of hydrogen-bond donors (Lipinski definition) is 2. The van der Waals surface area contributed by atoms with Crippen molar-refractivity contribution >= 4 is 33.9 Å². The second-order valence-electron chi connectivity index (χ2n) is 3.64. The maximum atomic E-state index is 8.69. The number of nitrogens with zero attached hydrogens (tertiary/aromatic N) is 2. The lowest BCUT2D eigenvalue weighted by atomic mass is 10.3. The monoisotopic (exact) mass is 281 g/mol. The molecule has 96 valence electrons. The van der Waals surface area contributed by atoms with Crippen LogP contribution < -0.4 is 5.32 Å². The summed E-state index contributed by atoms with van der Waals surface area (Å²) in [5.41, 5.74) is 1.02. The van der Waals surface area contributed by atoms with Crippen LogP contribution in [0.15, 0.2) is 34.7 Å². The molecule has 1 heterocycles. The van der Waals surface area contributed by atoms with Gasteiger partial charge < -0.3 is 10.4 Å². The molecule has 4 nitrogen and oxygen atoms in total. The molecule has 0 spiro atoms. The summed E-state index contributed by atoms with van der Waals surface area (Å²) in [5, 5.41) is 20.9. The Kier molecular flexibility index (Phi) is 5.44. The van der Waals surface area contributed by atoms with Gasteiger partial charge in [-0.3, -0.25) is 0 Å². The van der Waals surface area contributed by atoms with E-state index in [4.69, 9.17) is 5.11 Å². The molecule has 0 unspecified atom stereocenters. The van der Waals surface area contributed by atoms with E-state index in [-0.39, 0.29) is 6.61 Å². The molecule has 18 heavy (non-hydrogen) atoms. The van der Waals surface area contributed by atoms with E-state index in [0.29, 0.717) is 0 Å². The number of aliphatic hydroxyl groups excluding tert-OH is 1.